The van der Waals surface area contributed by atoms with Gasteiger partial charge in [-0.15, -0.1) is 0 Å². The first kappa shape index (κ1) is 16.1. The summed E-state index contributed by atoms with van der Waals surface area (Å²) in [6, 6.07) is 13.0. The predicted molar refractivity (Wildman–Crippen MR) is 95.9 cm³/mol. The summed E-state index contributed by atoms with van der Waals surface area (Å²) in [6.07, 6.45) is 4.54. The number of carbonyl (C=O) groups excluding carboxylic acids is 1. The molecule has 1 aromatic carbocycles. The van der Waals surface area contributed by atoms with Crippen molar-refractivity contribution in [3.63, 3.8) is 0 Å². The van der Waals surface area contributed by atoms with Crippen LogP contribution in [0.3, 0.4) is 0 Å². The Morgan fingerprint density at radius 3 is 2.92 bits per heavy atom. The van der Waals surface area contributed by atoms with Gasteiger partial charge >= 0.3 is 0 Å². The molecular weight excluding hydrogens is 370 g/mol. The van der Waals surface area contributed by atoms with Crippen molar-refractivity contribution in [1.29, 1.82) is 0 Å². The zero-order chi connectivity index (χ0) is 16.9. The Labute approximate surface area is 147 Å². The van der Waals surface area contributed by atoms with Gasteiger partial charge in [0.2, 0.25) is 0 Å². The van der Waals surface area contributed by atoms with Crippen molar-refractivity contribution in [3.05, 3.63) is 76.2 Å². The van der Waals surface area contributed by atoms with Crippen LogP contribution in [0.5, 0.6) is 0 Å². The summed E-state index contributed by atoms with van der Waals surface area (Å²) in [4.78, 5) is 15.7. The molecule has 0 spiro atoms. The maximum atomic E-state index is 11.8. The molecule has 0 fully saturated rings. The number of aromatic nitrogens is 1. The summed E-state index contributed by atoms with van der Waals surface area (Å²) < 4.78 is 6.74. The van der Waals surface area contributed by atoms with Gasteiger partial charge in [0.05, 0.1) is 11.8 Å². The Bertz CT molecular complexity index is 888. The largest absolute Gasteiger partial charge is 0.455 e. The van der Waals surface area contributed by atoms with Crippen molar-refractivity contribution in [2.75, 3.05) is 0 Å². The van der Waals surface area contributed by atoms with Crippen molar-refractivity contribution in [3.8, 4) is 11.3 Å². The second-order valence-corrected chi connectivity index (χ2v) is 5.96. The first-order valence-electron chi connectivity index (χ1n) is 7.23. The molecule has 0 atom stereocenters. The fraction of sp³-hybridized carbons (Fsp3) is 0.0556. The van der Waals surface area contributed by atoms with Crippen LogP contribution < -0.4 is 5.43 Å². The molecule has 0 saturated carbocycles. The van der Waals surface area contributed by atoms with Gasteiger partial charge in [0.15, 0.2) is 0 Å². The van der Waals surface area contributed by atoms with E-state index in [1.54, 1.807) is 24.4 Å². The number of halogens is 1. The minimum absolute atomic E-state index is 0.325. The van der Waals surface area contributed by atoms with Gasteiger partial charge < -0.3 is 4.42 Å². The molecule has 6 heteroatoms. The average molecular weight is 384 g/mol. The van der Waals surface area contributed by atoms with Crippen LogP contribution in [-0.4, -0.2) is 17.1 Å². The second-order valence-electron chi connectivity index (χ2n) is 5.11. The minimum Gasteiger partial charge on any atom is -0.455 e. The quantitative estimate of drug-likeness (QED) is 0.542. The summed E-state index contributed by atoms with van der Waals surface area (Å²) in [7, 11) is 0. The predicted octanol–water partition coefficient (Wildman–Crippen LogP) is 4.18. The number of carbonyl (C=O) groups is 1. The molecule has 5 nitrogen and oxygen atoms in total. The Morgan fingerprint density at radius 1 is 1.29 bits per heavy atom. The number of hydrazone groups is 1. The van der Waals surface area contributed by atoms with Gasteiger partial charge in [0, 0.05) is 22.4 Å². The summed E-state index contributed by atoms with van der Waals surface area (Å²) in [6.45, 7) is 2.03. The molecule has 0 saturated heterocycles. The lowest BCUT2D eigenvalue weighted by atomic mass is 10.1. The molecule has 0 aliphatic heterocycles. The number of amides is 1. The molecule has 0 radical (unpaired) electrons. The topological polar surface area (TPSA) is 67.5 Å². The van der Waals surface area contributed by atoms with Crippen LogP contribution >= 0.6 is 15.9 Å². The molecule has 2 aromatic heterocycles. The number of hydrogen-bond donors (Lipinski definition) is 1. The van der Waals surface area contributed by atoms with Gasteiger partial charge in [-0.2, -0.15) is 5.10 Å². The molecule has 2 heterocycles. The lowest BCUT2D eigenvalue weighted by Crippen LogP contribution is -2.17. The third-order valence-corrected chi connectivity index (χ3v) is 4.22. The molecule has 3 aromatic rings. The highest BCUT2D eigenvalue weighted by atomic mass is 79.9. The third kappa shape index (κ3) is 3.78. The summed E-state index contributed by atoms with van der Waals surface area (Å²) in [5.74, 6) is 0.956. The molecule has 1 amide bonds. The van der Waals surface area contributed by atoms with E-state index in [9.17, 15) is 4.79 Å². The number of nitrogens with one attached hydrogen (secondary N) is 1. The number of benzene rings is 1. The average Bonchev–Trinajstić information content (AvgIpc) is 3.07. The minimum atomic E-state index is -0.325. The molecule has 0 aliphatic rings. The Hall–Kier alpha value is -2.73. The molecule has 1 N–H and O–H groups in total. The van der Waals surface area contributed by atoms with E-state index in [0.717, 1.165) is 21.4 Å². The van der Waals surface area contributed by atoms with Crippen LogP contribution in [0.15, 0.2) is 68.8 Å². The number of furan rings is 1. The highest BCUT2D eigenvalue weighted by Gasteiger charge is 2.06. The molecule has 0 bridgehead atoms. The van der Waals surface area contributed by atoms with E-state index in [-0.39, 0.29) is 5.91 Å². The van der Waals surface area contributed by atoms with Crippen molar-refractivity contribution in [2.45, 2.75) is 6.92 Å². The summed E-state index contributed by atoms with van der Waals surface area (Å²) in [5.41, 5.74) is 5.00. The van der Waals surface area contributed by atoms with Crippen LogP contribution in [0.25, 0.3) is 11.3 Å². The van der Waals surface area contributed by atoms with E-state index >= 15 is 0 Å². The van der Waals surface area contributed by atoms with Gasteiger partial charge in [0.1, 0.15) is 11.5 Å². The van der Waals surface area contributed by atoms with Crippen LogP contribution in [-0.2, 0) is 0 Å². The number of aryl methyl sites for hydroxylation is 1. The summed E-state index contributed by atoms with van der Waals surface area (Å²) >= 11 is 3.51. The van der Waals surface area contributed by atoms with Gasteiger partial charge in [-0.1, -0.05) is 28.1 Å². The normalized spacial score (nSPS) is 10.9. The highest BCUT2D eigenvalue weighted by Crippen LogP contribution is 2.26. The second kappa shape index (κ2) is 7.23. The highest BCUT2D eigenvalue weighted by molar-refractivity contribution is 9.10. The van der Waals surface area contributed by atoms with Crippen LogP contribution in [0.4, 0.5) is 0 Å². The first-order valence-corrected chi connectivity index (χ1v) is 8.02. The lowest BCUT2D eigenvalue weighted by Gasteiger charge is -2.01. The zero-order valence-electron chi connectivity index (χ0n) is 12.9. The molecule has 3 rings (SSSR count). The molecule has 0 aliphatic carbocycles. The standard InChI is InChI=1S/C18H14BrN3O2/c1-12-4-5-13(9-16(12)19)17-7-6-15(24-17)11-21-22-18(23)14-3-2-8-20-10-14/h2-11H,1H3,(H,22,23). The van der Waals surface area contributed by atoms with E-state index in [1.807, 2.05) is 31.2 Å². The Kier molecular flexibility index (Phi) is 4.86. The maximum absolute atomic E-state index is 11.8. The van der Waals surface area contributed by atoms with E-state index in [0.29, 0.717) is 11.3 Å². The monoisotopic (exact) mass is 383 g/mol. The zero-order valence-corrected chi connectivity index (χ0v) is 14.4. The van der Waals surface area contributed by atoms with Crippen LogP contribution in [0.2, 0.25) is 0 Å². The fourth-order valence-electron chi connectivity index (χ4n) is 2.04. The van der Waals surface area contributed by atoms with Crippen LogP contribution in [0.1, 0.15) is 21.7 Å². The lowest BCUT2D eigenvalue weighted by molar-refractivity contribution is 0.0955. The summed E-state index contributed by atoms with van der Waals surface area (Å²) in [5, 5.41) is 3.90. The fourth-order valence-corrected chi connectivity index (χ4v) is 2.42. The van der Waals surface area contributed by atoms with Gasteiger partial charge in [-0.25, -0.2) is 5.43 Å². The first-order chi connectivity index (χ1) is 11.6. The Morgan fingerprint density at radius 2 is 2.17 bits per heavy atom. The number of pyridine rings is 1. The van der Waals surface area contributed by atoms with Crippen molar-refractivity contribution < 1.29 is 9.21 Å². The van der Waals surface area contributed by atoms with Gasteiger partial charge in [0.25, 0.3) is 5.91 Å². The SMILES string of the molecule is Cc1ccc(-c2ccc(C=NNC(=O)c3cccnc3)o2)cc1Br. The van der Waals surface area contributed by atoms with Gasteiger partial charge in [-0.05, 0) is 42.8 Å². The smallest absolute Gasteiger partial charge is 0.272 e. The maximum Gasteiger partial charge on any atom is 0.272 e. The van der Waals surface area contributed by atoms with E-state index in [1.165, 1.54) is 12.4 Å². The molecule has 0 unspecified atom stereocenters. The third-order valence-electron chi connectivity index (χ3n) is 3.36. The number of rotatable bonds is 4. The van der Waals surface area contributed by atoms with Crippen molar-refractivity contribution in [2.24, 2.45) is 5.10 Å². The van der Waals surface area contributed by atoms with Gasteiger partial charge in [-0.3, -0.25) is 9.78 Å². The van der Waals surface area contributed by atoms with E-state index in [2.05, 4.69) is 31.4 Å². The van der Waals surface area contributed by atoms with Crippen LogP contribution in [0, 0.1) is 6.92 Å². The number of nitrogens with zero attached hydrogens (tertiary/aromatic N) is 2. The van der Waals surface area contributed by atoms with E-state index in [4.69, 9.17) is 4.42 Å². The molecular formula is C18H14BrN3O2. The Balaban J connectivity index is 1.67. The van der Waals surface area contributed by atoms with Crippen molar-refractivity contribution >= 4 is 28.1 Å². The van der Waals surface area contributed by atoms with Crippen molar-refractivity contribution in [1.82, 2.24) is 10.4 Å². The molecule has 24 heavy (non-hydrogen) atoms. The molecule has 120 valence electrons. The van der Waals surface area contributed by atoms with E-state index < -0.39 is 0 Å². The number of hydrogen-bond acceptors (Lipinski definition) is 4.